The van der Waals surface area contributed by atoms with Crippen molar-refractivity contribution in [1.29, 1.82) is 0 Å². The summed E-state index contributed by atoms with van der Waals surface area (Å²) in [5, 5.41) is 3.09. The lowest BCUT2D eigenvalue weighted by molar-refractivity contribution is 0.211. The quantitative estimate of drug-likeness (QED) is 0.586. The van der Waals surface area contributed by atoms with Crippen molar-refractivity contribution in [1.82, 2.24) is 0 Å². The number of nitrogens with one attached hydrogen (secondary N) is 1. The van der Waals surface area contributed by atoms with Crippen LogP contribution in [0.1, 0.15) is 0 Å². The van der Waals surface area contributed by atoms with Crippen molar-refractivity contribution >= 4 is 16.8 Å². The van der Waals surface area contributed by atoms with E-state index in [1.165, 1.54) is 0 Å². The molecule has 0 radical (unpaired) electrons. The van der Waals surface area contributed by atoms with Gasteiger partial charge in [0.05, 0.1) is 6.61 Å². The van der Waals surface area contributed by atoms with Gasteiger partial charge in [0.15, 0.2) is 0 Å². The van der Waals surface area contributed by atoms with Gasteiger partial charge in [0, 0.05) is 24.2 Å². The fourth-order valence-electron chi connectivity index (χ4n) is 0.981. The number of methoxy groups -OCH3 is 1. The van der Waals surface area contributed by atoms with Gasteiger partial charge >= 0.3 is 0 Å². The Morgan fingerprint density at radius 2 is 2.07 bits per heavy atom. The summed E-state index contributed by atoms with van der Waals surface area (Å²) >= 11 is -2.15. The maximum absolute atomic E-state index is 10.5. The van der Waals surface area contributed by atoms with Crippen LogP contribution in [-0.2, 0) is 15.8 Å². The van der Waals surface area contributed by atoms with Crippen molar-refractivity contribution < 1.29 is 13.5 Å². The molecule has 5 heteroatoms. The Labute approximate surface area is 85.6 Å². The zero-order valence-corrected chi connectivity index (χ0v) is 8.67. The zero-order chi connectivity index (χ0) is 10.4. The van der Waals surface area contributed by atoms with Gasteiger partial charge in [-0.15, -0.1) is 0 Å². The van der Waals surface area contributed by atoms with E-state index in [0.29, 0.717) is 18.0 Å². The second-order valence-electron chi connectivity index (χ2n) is 2.68. The van der Waals surface area contributed by atoms with Gasteiger partial charge in [-0.25, -0.2) is 0 Å². The van der Waals surface area contributed by atoms with E-state index in [1.807, 2.05) is 0 Å². The number of hydrogen-bond acceptors (Lipinski definition) is 4. The van der Waals surface area contributed by atoms with E-state index in [4.69, 9.17) is 4.74 Å². The van der Waals surface area contributed by atoms with Gasteiger partial charge in [-0.3, -0.25) is 4.21 Å². The summed E-state index contributed by atoms with van der Waals surface area (Å²) in [6.45, 7) is 1.32. The second-order valence-corrected chi connectivity index (χ2v) is 3.62. The van der Waals surface area contributed by atoms with Crippen LogP contribution in [0.3, 0.4) is 0 Å². The summed E-state index contributed by atoms with van der Waals surface area (Å²) in [4.78, 5) is 0.294. The number of benzene rings is 1. The number of hydrogen-bond donors (Lipinski definition) is 1. The van der Waals surface area contributed by atoms with Crippen molar-refractivity contribution in [3.63, 3.8) is 0 Å². The van der Waals surface area contributed by atoms with Crippen LogP contribution in [0.25, 0.3) is 0 Å². The molecule has 1 atom stereocenters. The predicted molar refractivity (Wildman–Crippen MR) is 54.0 cm³/mol. The third kappa shape index (κ3) is 3.45. The first-order valence-electron chi connectivity index (χ1n) is 4.16. The number of rotatable bonds is 5. The van der Waals surface area contributed by atoms with Crippen LogP contribution < -0.4 is 5.32 Å². The number of ether oxygens (including phenoxy) is 1. The molecular weight excluding hydrogens is 202 g/mol. The minimum atomic E-state index is -2.15. The molecule has 0 aliphatic carbocycles. The maximum Gasteiger partial charge on any atom is 0.0635 e. The molecule has 4 nitrogen and oxygen atoms in total. The summed E-state index contributed by atoms with van der Waals surface area (Å²) < 4.78 is 25.9. The highest BCUT2D eigenvalue weighted by molar-refractivity contribution is 7.79. The molecule has 0 saturated carbocycles. The van der Waals surface area contributed by atoms with Crippen LogP contribution in [-0.4, -0.2) is 29.0 Å². The van der Waals surface area contributed by atoms with Crippen molar-refractivity contribution in [3.8, 4) is 0 Å². The average Bonchev–Trinajstić information content (AvgIpc) is 2.19. The van der Waals surface area contributed by atoms with Gasteiger partial charge in [-0.2, -0.15) is 0 Å². The minimum absolute atomic E-state index is 0.294. The first-order valence-corrected chi connectivity index (χ1v) is 5.23. The zero-order valence-electron chi connectivity index (χ0n) is 7.86. The van der Waals surface area contributed by atoms with E-state index in [2.05, 4.69) is 5.32 Å². The molecule has 1 rings (SSSR count). The third-order valence-electron chi connectivity index (χ3n) is 1.68. The van der Waals surface area contributed by atoms with Crippen LogP contribution in [0.4, 0.5) is 5.69 Å². The second kappa shape index (κ2) is 5.74. The van der Waals surface area contributed by atoms with E-state index >= 15 is 0 Å². The Morgan fingerprint density at radius 1 is 1.43 bits per heavy atom. The van der Waals surface area contributed by atoms with Crippen molar-refractivity contribution in [3.05, 3.63) is 24.3 Å². The SMILES string of the molecule is COCCNc1ccc(S(=O)[O-])cc1. The highest BCUT2D eigenvalue weighted by Gasteiger charge is 1.93. The normalized spacial score (nSPS) is 12.4. The molecule has 0 fully saturated rings. The summed E-state index contributed by atoms with van der Waals surface area (Å²) in [5.41, 5.74) is 0.885. The largest absolute Gasteiger partial charge is 0.768 e. The third-order valence-corrected chi connectivity index (χ3v) is 2.34. The monoisotopic (exact) mass is 214 g/mol. The molecule has 78 valence electrons. The predicted octanol–water partition coefficient (Wildman–Crippen LogP) is 0.983. The molecule has 0 amide bonds. The molecule has 0 heterocycles. The first-order chi connectivity index (χ1) is 6.74. The molecule has 0 aliphatic rings. The van der Waals surface area contributed by atoms with Gasteiger partial charge in [-0.05, 0) is 35.3 Å². The molecule has 0 saturated heterocycles. The van der Waals surface area contributed by atoms with Crippen LogP contribution >= 0.6 is 0 Å². The van der Waals surface area contributed by atoms with Crippen LogP contribution in [0.15, 0.2) is 29.2 Å². The standard InChI is InChI=1S/C9H13NO3S/c1-13-7-6-10-8-2-4-9(5-3-8)14(11)12/h2-5,10H,6-7H2,1H3,(H,11,12)/p-1. The van der Waals surface area contributed by atoms with Crippen LogP contribution in [0.5, 0.6) is 0 Å². The molecule has 1 aromatic carbocycles. The fourth-order valence-corrected chi connectivity index (χ4v) is 1.34. The Morgan fingerprint density at radius 3 is 2.57 bits per heavy atom. The lowest BCUT2D eigenvalue weighted by Crippen LogP contribution is -2.07. The van der Waals surface area contributed by atoms with E-state index in [1.54, 1.807) is 31.4 Å². The number of anilines is 1. The molecule has 0 bridgehead atoms. The molecule has 0 spiro atoms. The first kappa shape index (κ1) is 11.2. The Hall–Kier alpha value is -0.910. The summed E-state index contributed by atoms with van der Waals surface area (Å²) in [7, 11) is 1.63. The summed E-state index contributed by atoms with van der Waals surface area (Å²) in [6, 6.07) is 6.55. The topological polar surface area (TPSA) is 61.4 Å². The maximum atomic E-state index is 10.5. The van der Waals surface area contributed by atoms with Gasteiger partial charge in [0.2, 0.25) is 0 Å². The van der Waals surface area contributed by atoms with Gasteiger partial charge in [-0.1, -0.05) is 0 Å². The van der Waals surface area contributed by atoms with E-state index in [0.717, 1.165) is 5.69 Å². The lowest BCUT2D eigenvalue weighted by Gasteiger charge is -2.08. The van der Waals surface area contributed by atoms with Gasteiger partial charge < -0.3 is 14.6 Å². The molecular formula is C9H12NO3S-. The Balaban J connectivity index is 2.51. The van der Waals surface area contributed by atoms with Crippen LogP contribution in [0, 0.1) is 0 Å². The van der Waals surface area contributed by atoms with Crippen molar-refractivity contribution in [2.24, 2.45) is 0 Å². The summed E-state index contributed by atoms with van der Waals surface area (Å²) in [6.07, 6.45) is 0. The van der Waals surface area contributed by atoms with E-state index < -0.39 is 11.1 Å². The Bertz CT molecular complexity index is 299. The molecule has 0 aliphatic heterocycles. The average molecular weight is 214 g/mol. The molecule has 14 heavy (non-hydrogen) atoms. The minimum Gasteiger partial charge on any atom is -0.768 e. The van der Waals surface area contributed by atoms with Crippen LogP contribution in [0.2, 0.25) is 0 Å². The van der Waals surface area contributed by atoms with Gasteiger partial charge in [0.1, 0.15) is 0 Å². The van der Waals surface area contributed by atoms with E-state index in [9.17, 15) is 8.76 Å². The van der Waals surface area contributed by atoms with Crippen molar-refractivity contribution in [2.45, 2.75) is 4.90 Å². The molecule has 1 N–H and O–H groups in total. The smallest absolute Gasteiger partial charge is 0.0635 e. The van der Waals surface area contributed by atoms with E-state index in [-0.39, 0.29) is 0 Å². The highest BCUT2D eigenvalue weighted by Crippen LogP contribution is 2.10. The Kier molecular flexibility index (Phi) is 4.58. The molecule has 1 unspecified atom stereocenters. The highest BCUT2D eigenvalue weighted by atomic mass is 32.2. The fraction of sp³-hybridized carbons (Fsp3) is 0.333. The molecule has 1 aromatic rings. The summed E-state index contributed by atoms with van der Waals surface area (Å²) in [5.74, 6) is 0. The molecule has 0 aromatic heterocycles. The van der Waals surface area contributed by atoms with Crippen molar-refractivity contribution in [2.75, 3.05) is 25.6 Å². The van der Waals surface area contributed by atoms with Gasteiger partial charge in [0.25, 0.3) is 0 Å². The lowest BCUT2D eigenvalue weighted by atomic mass is 10.3.